The molecule has 0 unspecified atom stereocenters. The highest BCUT2D eigenvalue weighted by Crippen LogP contribution is 2.22. The lowest BCUT2D eigenvalue weighted by atomic mass is 10.1. The first-order valence-corrected chi connectivity index (χ1v) is 8.13. The molecule has 0 aliphatic carbocycles. The van der Waals surface area contributed by atoms with E-state index in [4.69, 9.17) is 0 Å². The van der Waals surface area contributed by atoms with Crippen molar-refractivity contribution >= 4 is 10.0 Å². The summed E-state index contributed by atoms with van der Waals surface area (Å²) < 4.78 is 63.6. The molecule has 1 aliphatic heterocycles. The molecule has 1 fully saturated rings. The Hall–Kier alpha value is -1.12. The van der Waals surface area contributed by atoms with Crippen LogP contribution >= 0.6 is 0 Å². The number of sulfonamides is 1. The number of nitrogens with one attached hydrogen (secondary N) is 2. The van der Waals surface area contributed by atoms with E-state index in [1.807, 2.05) is 0 Å². The molecular formula is C13H17F3N2O2S. The molecule has 0 bridgehead atoms. The first kappa shape index (κ1) is 16.3. The number of hydrogen-bond donors (Lipinski definition) is 2. The van der Waals surface area contributed by atoms with Crippen LogP contribution in [-0.2, 0) is 16.4 Å². The lowest BCUT2D eigenvalue weighted by Crippen LogP contribution is -2.42. The van der Waals surface area contributed by atoms with Crippen molar-refractivity contribution in [1.82, 2.24) is 10.0 Å². The second kappa shape index (κ2) is 6.33. The minimum Gasteiger partial charge on any atom is -0.317 e. The fraction of sp³-hybridized carbons (Fsp3) is 0.538. The molecule has 0 spiro atoms. The average molecular weight is 322 g/mol. The van der Waals surface area contributed by atoms with E-state index in [0.29, 0.717) is 12.8 Å². The number of halogens is 3. The molecule has 0 atom stereocenters. The van der Waals surface area contributed by atoms with E-state index in [2.05, 4.69) is 10.0 Å². The van der Waals surface area contributed by atoms with Gasteiger partial charge in [0.05, 0.1) is 11.3 Å². The summed E-state index contributed by atoms with van der Waals surface area (Å²) in [4.78, 5) is -0.00745. The number of piperidine rings is 1. The molecule has 1 aliphatic rings. The Bertz CT molecular complexity index is 564. The Morgan fingerprint density at radius 3 is 2.24 bits per heavy atom. The van der Waals surface area contributed by atoms with Gasteiger partial charge in [-0.25, -0.2) is 13.1 Å². The number of rotatable bonds is 4. The van der Waals surface area contributed by atoms with Gasteiger partial charge in [0, 0.05) is 6.04 Å². The van der Waals surface area contributed by atoms with Gasteiger partial charge in [0.2, 0.25) is 10.0 Å². The van der Waals surface area contributed by atoms with Crippen LogP contribution in [0.1, 0.15) is 18.4 Å². The summed E-state index contributed by atoms with van der Waals surface area (Å²) in [6, 6.07) is 4.69. The standard InChI is InChI=1S/C13H17F3N2O2S/c14-13(15,16)9-10-1-3-12(4-2-10)21(19,20)18-11-5-7-17-8-6-11/h1-4,11,17-18H,5-9H2. The zero-order valence-corrected chi connectivity index (χ0v) is 12.1. The fourth-order valence-electron chi connectivity index (χ4n) is 2.25. The first-order chi connectivity index (χ1) is 9.76. The Balaban J connectivity index is 2.06. The highest BCUT2D eigenvalue weighted by atomic mass is 32.2. The molecule has 0 amide bonds. The van der Waals surface area contributed by atoms with Crippen molar-refractivity contribution in [2.45, 2.75) is 36.4 Å². The summed E-state index contributed by atoms with van der Waals surface area (Å²) in [6.45, 7) is 1.50. The summed E-state index contributed by atoms with van der Waals surface area (Å²) in [5.41, 5.74) is 0.0447. The van der Waals surface area contributed by atoms with Crippen molar-refractivity contribution in [3.05, 3.63) is 29.8 Å². The van der Waals surface area contributed by atoms with Crippen molar-refractivity contribution in [2.75, 3.05) is 13.1 Å². The first-order valence-electron chi connectivity index (χ1n) is 6.65. The van der Waals surface area contributed by atoms with E-state index in [1.165, 1.54) is 24.3 Å². The minimum atomic E-state index is -4.30. The van der Waals surface area contributed by atoms with Gasteiger partial charge in [-0.05, 0) is 43.6 Å². The molecule has 1 aromatic carbocycles. The molecule has 21 heavy (non-hydrogen) atoms. The minimum absolute atomic E-state index is 0.00745. The van der Waals surface area contributed by atoms with E-state index in [1.54, 1.807) is 0 Å². The van der Waals surface area contributed by atoms with Gasteiger partial charge in [-0.15, -0.1) is 0 Å². The zero-order chi connectivity index (χ0) is 15.5. The van der Waals surface area contributed by atoms with Gasteiger partial charge in [-0.1, -0.05) is 12.1 Å². The molecule has 2 rings (SSSR count). The number of benzene rings is 1. The van der Waals surface area contributed by atoms with E-state index in [0.717, 1.165) is 13.1 Å². The third-order valence-electron chi connectivity index (χ3n) is 3.30. The summed E-state index contributed by atoms with van der Waals surface area (Å²) in [7, 11) is -3.68. The van der Waals surface area contributed by atoms with Crippen LogP contribution in [0.15, 0.2) is 29.2 Å². The zero-order valence-electron chi connectivity index (χ0n) is 11.3. The highest BCUT2D eigenvalue weighted by molar-refractivity contribution is 7.89. The van der Waals surface area contributed by atoms with Gasteiger partial charge < -0.3 is 5.32 Å². The molecule has 1 heterocycles. The van der Waals surface area contributed by atoms with Crippen molar-refractivity contribution in [2.24, 2.45) is 0 Å². The molecule has 1 aromatic rings. The van der Waals surface area contributed by atoms with Gasteiger partial charge in [-0.3, -0.25) is 0 Å². The van der Waals surface area contributed by atoms with Gasteiger partial charge in [0.25, 0.3) is 0 Å². The van der Waals surface area contributed by atoms with E-state index in [9.17, 15) is 21.6 Å². The molecule has 0 saturated carbocycles. The maximum atomic E-state index is 12.2. The quantitative estimate of drug-likeness (QED) is 0.889. The fourth-order valence-corrected chi connectivity index (χ4v) is 3.55. The Morgan fingerprint density at radius 1 is 1.14 bits per heavy atom. The topological polar surface area (TPSA) is 58.2 Å². The van der Waals surface area contributed by atoms with Crippen molar-refractivity contribution in [1.29, 1.82) is 0 Å². The molecule has 0 radical (unpaired) electrons. The maximum Gasteiger partial charge on any atom is 0.393 e. The maximum absolute atomic E-state index is 12.2. The van der Waals surface area contributed by atoms with Crippen LogP contribution in [-0.4, -0.2) is 33.7 Å². The van der Waals surface area contributed by atoms with E-state index < -0.39 is 22.6 Å². The monoisotopic (exact) mass is 322 g/mol. The lowest BCUT2D eigenvalue weighted by Gasteiger charge is -2.23. The van der Waals surface area contributed by atoms with Crippen LogP contribution in [0.4, 0.5) is 13.2 Å². The van der Waals surface area contributed by atoms with Crippen LogP contribution in [0.3, 0.4) is 0 Å². The predicted molar refractivity (Wildman–Crippen MR) is 72.4 cm³/mol. The summed E-state index contributed by atoms with van der Waals surface area (Å²) in [5.74, 6) is 0. The largest absolute Gasteiger partial charge is 0.393 e. The molecule has 2 N–H and O–H groups in total. The molecule has 1 saturated heterocycles. The molecule has 8 heteroatoms. The van der Waals surface area contributed by atoms with Crippen molar-refractivity contribution < 1.29 is 21.6 Å². The number of alkyl halides is 3. The van der Waals surface area contributed by atoms with Gasteiger partial charge >= 0.3 is 6.18 Å². The third-order valence-corrected chi connectivity index (χ3v) is 4.84. The van der Waals surface area contributed by atoms with Gasteiger partial charge in [0.15, 0.2) is 0 Å². The smallest absolute Gasteiger partial charge is 0.317 e. The van der Waals surface area contributed by atoms with Gasteiger partial charge in [-0.2, -0.15) is 13.2 Å². The molecule has 118 valence electrons. The van der Waals surface area contributed by atoms with Crippen LogP contribution in [0.25, 0.3) is 0 Å². The van der Waals surface area contributed by atoms with Crippen LogP contribution < -0.4 is 10.0 Å². The van der Waals surface area contributed by atoms with Crippen LogP contribution in [0.2, 0.25) is 0 Å². The summed E-state index contributed by atoms with van der Waals surface area (Å²) >= 11 is 0. The van der Waals surface area contributed by atoms with Gasteiger partial charge in [0.1, 0.15) is 0 Å². The van der Waals surface area contributed by atoms with E-state index >= 15 is 0 Å². The second-order valence-electron chi connectivity index (χ2n) is 5.08. The normalized spacial score (nSPS) is 17.9. The Labute approximate surface area is 121 Å². The summed E-state index contributed by atoms with van der Waals surface area (Å²) in [5, 5.41) is 3.13. The van der Waals surface area contributed by atoms with Crippen LogP contribution in [0, 0.1) is 0 Å². The van der Waals surface area contributed by atoms with Crippen molar-refractivity contribution in [3.63, 3.8) is 0 Å². The van der Waals surface area contributed by atoms with Crippen molar-refractivity contribution in [3.8, 4) is 0 Å². The molecular weight excluding hydrogens is 305 g/mol. The lowest BCUT2D eigenvalue weighted by molar-refractivity contribution is -0.127. The second-order valence-corrected chi connectivity index (χ2v) is 6.80. The SMILES string of the molecule is O=S(=O)(NC1CCNCC1)c1ccc(CC(F)(F)F)cc1. The highest BCUT2D eigenvalue weighted by Gasteiger charge is 2.28. The summed E-state index contributed by atoms with van der Waals surface area (Å²) in [6.07, 6.45) is -3.96. The molecule has 0 aromatic heterocycles. The third kappa shape index (κ3) is 4.98. The Kier molecular flexibility index (Phi) is 4.90. The van der Waals surface area contributed by atoms with Crippen LogP contribution in [0.5, 0.6) is 0 Å². The Morgan fingerprint density at radius 2 is 1.71 bits per heavy atom. The molecule has 4 nitrogen and oxygen atoms in total. The predicted octanol–water partition coefficient (Wildman–Crippen LogP) is 1.82. The van der Waals surface area contributed by atoms with E-state index in [-0.39, 0.29) is 16.5 Å². The average Bonchev–Trinajstić information content (AvgIpc) is 2.38. The number of hydrogen-bond acceptors (Lipinski definition) is 3.